The van der Waals surface area contributed by atoms with Crippen molar-refractivity contribution in [1.82, 2.24) is 0 Å². The van der Waals surface area contributed by atoms with E-state index in [1.165, 1.54) is 30.4 Å². The molecule has 0 aromatic heterocycles. The summed E-state index contributed by atoms with van der Waals surface area (Å²) in [5.41, 5.74) is 9.39. The summed E-state index contributed by atoms with van der Waals surface area (Å²) < 4.78 is 0. The van der Waals surface area contributed by atoms with Crippen LogP contribution >= 0.6 is 11.6 Å². The highest BCUT2D eigenvalue weighted by Crippen LogP contribution is 2.41. The smallest absolute Gasteiger partial charge is 0.0406 e. The average molecular weight is 300 g/mol. The second-order valence-corrected chi connectivity index (χ2v) is 6.68. The summed E-state index contributed by atoms with van der Waals surface area (Å²) >= 11 is 5.98. The molecule has 110 valence electrons. The number of halogens is 1. The average Bonchev–Trinajstić information content (AvgIpc) is 2.51. The van der Waals surface area contributed by atoms with Crippen LogP contribution in [0.3, 0.4) is 0 Å². The molecule has 0 aliphatic heterocycles. The van der Waals surface area contributed by atoms with Gasteiger partial charge in [-0.3, -0.25) is 0 Å². The van der Waals surface area contributed by atoms with Crippen LogP contribution in [0.2, 0.25) is 5.02 Å². The van der Waals surface area contributed by atoms with Gasteiger partial charge in [-0.15, -0.1) is 0 Å². The van der Waals surface area contributed by atoms with Crippen molar-refractivity contribution in [2.75, 3.05) is 0 Å². The van der Waals surface area contributed by atoms with Crippen molar-refractivity contribution in [2.45, 2.75) is 43.6 Å². The quantitative estimate of drug-likeness (QED) is 0.853. The van der Waals surface area contributed by atoms with Gasteiger partial charge in [0.25, 0.3) is 0 Å². The van der Waals surface area contributed by atoms with Crippen molar-refractivity contribution >= 4 is 11.6 Å². The summed E-state index contributed by atoms with van der Waals surface area (Å²) in [5, 5.41) is 0.785. The normalized spacial score (nSPS) is 25.7. The number of nitrogens with two attached hydrogens (primary N) is 1. The summed E-state index contributed by atoms with van der Waals surface area (Å²) in [7, 11) is 0. The van der Waals surface area contributed by atoms with E-state index in [0.29, 0.717) is 5.92 Å². The van der Waals surface area contributed by atoms with Gasteiger partial charge in [0.05, 0.1) is 0 Å². The Bertz CT molecular complexity index is 578. The molecule has 0 spiro atoms. The van der Waals surface area contributed by atoms with Gasteiger partial charge in [-0.2, -0.15) is 0 Å². The van der Waals surface area contributed by atoms with Gasteiger partial charge < -0.3 is 5.73 Å². The summed E-state index contributed by atoms with van der Waals surface area (Å²) in [6.45, 7) is 0. The molecule has 2 atom stereocenters. The van der Waals surface area contributed by atoms with Crippen LogP contribution in [0.1, 0.15) is 42.7 Å². The Balaban J connectivity index is 1.86. The highest BCUT2D eigenvalue weighted by Gasteiger charge is 2.37. The molecule has 21 heavy (non-hydrogen) atoms. The minimum Gasteiger partial charge on any atom is -0.324 e. The maximum atomic E-state index is 6.87. The summed E-state index contributed by atoms with van der Waals surface area (Å²) in [4.78, 5) is 0. The first-order valence-electron chi connectivity index (χ1n) is 7.76. The first-order chi connectivity index (χ1) is 10.2. The van der Waals surface area contributed by atoms with Crippen LogP contribution in [0, 0.1) is 0 Å². The number of benzene rings is 2. The largest absolute Gasteiger partial charge is 0.324 e. The van der Waals surface area contributed by atoms with Gasteiger partial charge in [0, 0.05) is 16.5 Å². The molecule has 2 aromatic rings. The third kappa shape index (κ3) is 3.30. The van der Waals surface area contributed by atoms with Crippen molar-refractivity contribution in [3.8, 4) is 0 Å². The Hall–Kier alpha value is -1.31. The molecule has 1 saturated carbocycles. The van der Waals surface area contributed by atoms with Crippen molar-refractivity contribution in [2.24, 2.45) is 5.73 Å². The zero-order chi connectivity index (χ0) is 14.7. The van der Waals surface area contributed by atoms with Crippen LogP contribution in [-0.4, -0.2) is 5.54 Å². The molecule has 1 nitrogen and oxygen atoms in total. The second kappa shape index (κ2) is 6.21. The van der Waals surface area contributed by atoms with E-state index in [9.17, 15) is 0 Å². The second-order valence-electron chi connectivity index (χ2n) is 6.25. The topological polar surface area (TPSA) is 26.0 Å². The molecule has 3 rings (SSSR count). The zero-order valence-electron chi connectivity index (χ0n) is 12.3. The number of rotatable bonds is 3. The predicted octanol–water partition coefficient (Wildman–Crippen LogP) is 4.94. The molecule has 0 amide bonds. The van der Waals surface area contributed by atoms with Crippen molar-refractivity contribution in [3.05, 3.63) is 70.7 Å². The Morgan fingerprint density at radius 2 is 1.71 bits per heavy atom. The molecule has 1 fully saturated rings. The standard InChI is InChI=1S/C19H22ClN/c20-17-11-9-15(10-12-17)14-19(21)13-5-4-8-18(19)16-6-2-1-3-7-16/h1-3,6-7,9-12,18H,4-5,8,13-14,21H2. The van der Waals surface area contributed by atoms with Crippen LogP contribution in [-0.2, 0) is 6.42 Å². The molecule has 0 heterocycles. The van der Waals surface area contributed by atoms with E-state index in [-0.39, 0.29) is 5.54 Å². The molecule has 0 radical (unpaired) electrons. The first kappa shape index (κ1) is 14.6. The SMILES string of the molecule is NC1(Cc2ccc(Cl)cc2)CCCCC1c1ccccc1. The molecule has 0 bridgehead atoms. The van der Waals surface area contributed by atoms with Gasteiger partial charge in [0.15, 0.2) is 0 Å². The summed E-state index contributed by atoms with van der Waals surface area (Å²) in [5.74, 6) is 0.447. The molecular formula is C19H22ClN. The molecule has 0 saturated heterocycles. The minimum atomic E-state index is -0.145. The van der Waals surface area contributed by atoms with Gasteiger partial charge in [-0.25, -0.2) is 0 Å². The molecule has 2 N–H and O–H groups in total. The summed E-state index contributed by atoms with van der Waals surface area (Å²) in [6.07, 6.45) is 5.71. The number of hydrogen-bond acceptors (Lipinski definition) is 1. The van der Waals surface area contributed by atoms with Crippen LogP contribution < -0.4 is 5.73 Å². The number of hydrogen-bond donors (Lipinski definition) is 1. The third-order valence-electron chi connectivity index (χ3n) is 4.73. The maximum Gasteiger partial charge on any atom is 0.0406 e. The van der Waals surface area contributed by atoms with Gasteiger partial charge in [-0.05, 0) is 42.5 Å². The lowest BCUT2D eigenvalue weighted by Gasteiger charge is -2.42. The predicted molar refractivity (Wildman–Crippen MR) is 89.7 cm³/mol. The van der Waals surface area contributed by atoms with Crippen LogP contribution in [0.5, 0.6) is 0 Å². The van der Waals surface area contributed by atoms with Crippen molar-refractivity contribution in [1.29, 1.82) is 0 Å². The minimum absolute atomic E-state index is 0.145. The monoisotopic (exact) mass is 299 g/mol. The summed E-state index contributed by atoms with van der Waals surface area (Å²) in [6, 6.07) is 18.9. The van der Waals surface area contributed by atoms with Crippen LogP contribution in [0.25, 0.3) is 0 Å². The molecular weight excluding hydrogens is 278 g/mol. The lowest BCUT2D eigenvalue weighted by Crippen LogP contribution is -2.49. The lowest BCUT2D eigenvalue weighted by atomic mass is 9.67. The van der Waals surface area contributed by atoms with Gasteiger partial charge in [-0.1, -0.05) is 66.9 Å². The molecule has 2 heteroatoms. The highest BCUT2D eigenvalue weighted by atomic mass is 35.5. The third-order valence-corrected chi connectivity index (χ3v) is 4.98. The Morgan fingerprint density at radius 1 is 1.00 bits per heavy atom. The molecule has 1 aliphatic carbocycles. The molecule has 2 unspecified atom stereocenters. The Labute approximate surface area is 132 Å². The fraction of sp³-hybridized carbons (Fsp3) is 0.368. The highest BCUT2D eigenvalue weighted by molar-refractivity contribution is 6.30. The Kier molecular flexibility index (Phi) is 4.32. The van der Waals surface area contributed by atoms with E-state index in [1.807, 2.05) is 12.1 Å². The van der Waals surface area contributed by atoms with E-state index in [4.69, 9.17) is 17.3 Å². The fourth-order valence-corrected chi connectivity index (χ4v) is 3.77. The van der Waals surface area contributed by atoms with Crippen molar-refractivity contribution < 1.29 is 0 Å². The maximum absolute atomic E-state index is 6.87. The van der Waals surface area contributed by atoms with Crippen LogP contribution in [0.4, 0.5) is 0 Å². The lowest BCUT2D eigenvalue weighted by molar-refractivity contribution is 0.249. The van der Waals surface area contributed by atoms with E-state index in [1.54, 1.807) is 0 Å². The van der Waals surface area contributed by atoms with E-state index in [0.717, 1.165) is 17.9 Å². The fourth-order valence-electron chi connectivity index (χ4n) is 3.64. The zero-order valence-corrected chi connectivity index (χ0v) is 13.0. The van der Waals surface area contributed by atoms with E-state index in [2.05, 4.69) is 42.5 Å². The van der Waals surface area contributed by atoms with E-state index >= 15 is 0 Å². The van der Waals surface area contributed by atoms with E-state index < -0.39 is 0 Å². The van der Waals surface area contributed by atoms with Crippen molar-refractivity contribution in [3.63, 3.8) is 0 Å². The molecule has 1 aliphatic rings. The van der Waals surface area contributed by atoms with Crippen LogP contribution in [0.15, 0.2) is 54.6 Å². The first-order valence-corrected chi connectivity index (χ1v) is 8.13. The molecule has 2 aromatic carbocycles. The van der Waals surface area contributed by atoms with Gasteiger partial charge in [0.2, 0.25) is 0 Å². The van der Waals surface area contributed by atoms with Gasteiger partial charge in [0.1, 0.15) is 0 Å². The van der Waals surface area contributed by atoms with Gasteiger partial charge >= 0.3 is 0 Å². The Morgan fingerprint density at radius 3 is 2.43 bits per heavy atom.